The molecule has 0 radical (unpaired) electrons. The quantitative estimate of drug-likeness (QED) is 0.709. The Balaban J connectivity index is 2.87. The number of aliphatic carboxylic acids is 1. The predicted molar refractivity (Wildman–Crippen MR) is 47.3 cm³/mol. The smallest absolute Gasteiger partial charge is 0.329 e. The monoisotopic (exact) mass is 185 g/mol. The minimum Gasteiger partial charge on any atom is -0.480 e. The summed E-state index contributed by atoms with van der Waals surface area (Å²) in [5.41, 5.74) is -1.01. The second-order valence-electron chi connectivity index (χ2n) is 3.58. The van der Waals surface area contributed by atoms with Gasteiger partial charge in [-0.05, 0) is 19.8 Å². The van der Waals surface area contributed by atoms with E-state index in [0.29, 0.717) is 19.4 Å². The van der Waals surface area contributed by atoms with E-state index in [2.05, 4.69) is 0 Å². The minimum absolute atomic E-state index is 0.0354. The minimum atomic E-state index is -1.01. The first kappa shape index (κ1) is 10.0. The molecule has 1 aliphatic rings. The molecule has 0 spiro atoms. The van der Waals surface area contributed by atoms with E-state index in [9.17, 15) is 9.59 Å². The zero-order chi connectivity index (χ0) is 10.1. The summed E-state index contributed by atoms with van der Waals surface area (Å²) in [6.07, 6.45) is 1.72. The molecule has 1 saturated heterocycles. The summed E-state index contributed by atoms with van der Waals surface area (Å²) < 4.78 is 0. The molecule has 4 heteroatoms. The van der Waals surface area contributed by atoms with Crippen molar-refractivity contribution in [2.24, 2.45) is 0 Å². The zero-order valence-corrected chi connectivity index (χ0v) is 8.04. The van der Waals surface area contributed by atoms with Gasteiger partial charge in [-0.3, -0.25) is 4.79 Å². The predicted octanol–water partition coefficient (Wildman–Crippen LogP) is 0.862. The molecular weight excluding hydrogens is 170 g/mol. The number of hydrogen-bond acceptors (Lipinski definition) is 2. The van der Waals surface area contributed by atoms with E-state index in [1.165, 1.54) is 4.90 Å². The molecule has 0 aromatic carbocycles. The SMILES string of the molecule is CC[C@@](C)(C(=O)O)N1CCCC1=O. The third kappa shape index (κ3) is 1.53. The first-order valence-electron chi connectivity index (χ1n) is 4.56. The number of carboxylic acids is 1. The molecule has 0 aliphatic carbocycles. The summed E-state index contributed by atoms with van der Waals surface area (Å²) in [6, 6.07) is 0. The van der Waals surface area contributed by atoms with E-state index >= 15 is 0 Å². The Morgan fingerprint density at radius 2 is 2.31 bits per heavy atom. The number of carbonyl (C=O) groups excluding carboxylic acids is 1. The molecule has 1 fully saturated rings. The van der Waals surface area contributed by atoms with Crippen LogP contribution in [0.3, 0.4) is 0 Å². The Bertz CT molecular complexity index is 237. The topological polar surface area (TPSA) is 57.6 Å². The largest absolute Gasteiger partial charge is 0.480 e. The molecule has 4 nitrogen and oxygen atoms in total. The van der Waals surface area contributed by atoms with Gasteiger partial charge in [-0.25, -0.2) is 4.79 Å². The number of rotatable bonds is 3. The van der Waals surface area contributed by atoms with Crippen LogP contribution in [0.15, 0.2) is 0 Å². The molecule has 1 amide bonds. The molecule has 74 valence electrons. The van der Waals surface area contributed by atoms with Crippen molar-refractivity contribution in [1.29, 1.82) is 0 Å². The maximum absolute atomic E-state index is 11.3. The Labute approximate surface area is 77.5 Å². The molecule has 1 rings (SSSR count). The van der Waals surface area contributed by atoms with Gasteiger partial charge in [0.05, 0.1) is 0 Å². The molecule has 13 heavy (non-hydrogen) atoms. The van der Waals surface area contributed by atoms with E-state index in [-0.39, 0.29) is 5.91 Å². The Morgan fingerprint density at radius 1 is 1.69 bits per heavy atom. The summed E-state index contributed by atoms with van der Waals surface area (Å²) in [6.45, 7) is 3.98. The van der Waals surface area contributed by atoms with Crippen molar-refractivity contribution in [3.63, 3.8) is 0 Å². The third-order valence-corrected chi connectivity index (χ3v) is 2.82. The highest BCUT2D eigenvalue weighted by molar-refractivity contribution is 5.87. The average molecular weight is 185 g/mol. The second kappa shape index (κ2) is 3.36. The van der Waals surface area contributed by atoms with Crippen LogP contribution in [-0.4, -0.2) is 34.0 Å². The Kier molecular flexibility index (Phi) is 2.59. The lowest BCUT2D eigenvalue weighted by atomic mass is 9.97. The lowest BCUT2D eigenvalue weighted by Crippen LogP contribution is -2.52. The lowest BCUT2D eigenvalue weighted by Gasteiger charge is -2.33. The van der Waals surface area contributed by atoms with Gasteiger partial charge in [0.25, 0.3) is 0 Å². The van der Waals surface area contributed by atoms with Gasteiger partial charge >= 0.3 is 5.97 Å². The molecule has 0 unspecified atom stereocenters. The van der Waals surface area contributed by atoms with Crippen LogP contribution in [0, 0.1) is 0 Å². The molecule has 0 bridgehead atoms. The van der Waals surface area contributed by atoms with E-state index in [1.807, 2.05) is 0 Å². The highest BCUT2D eigenvalue weighted by atomic mass is 16.4. The molecule has 1 atom stereocenters. The normalized spacial score (nSPS) is 21.7. The van der Waals surface area contributed by atoms with Gasteiger partial charge in [0.1, 0.15) is 5.54 Å². The zero-order valence-electron chi connectivity index (χ0n) is 8.04. The van der Waals surface area contributed by atoms with Crippen molar-refractivity contribution in [3.8, 4) is 0 Å². The molecule has 1 aliphatic heterocycles. The van der Waals surface area contributed by atoms with Crippen LogP contribution in [0.1, 0.15) is 33.1 Å². The van der Waals surface area contributed by atoms with Gasteiger partial charge in [0.2, 0.25) is 5.91 Å². The molecule has 1 N–H and O–H groups in total. The number of hydrogen-bond donors (Lipinski definition) is 1. The van der Waals surface area contributed by atoms with Gasteiger partial charge in [0, 0.05) is 13.0 Å². The van der Waals surface area contributed by atoms with E-state index < -0.39 is 11.5 Å². The summed E-state index contributed by atoms with van der Waals surface area (Å²) in [4.78, 5) is 23.8. The Morgan fingerprint density at radius 3 is 2.62 bits per heavy atom. The molecule has 0 aromatic heterocycles. The van der Waals surface area contributed by atoms with Crippen molar-refractivity contribution in [2.75, 3.05) is 6.54 Å². The van der Waals surface area contributed by atoms with Gasteiger partial charge in [-0.15, -0.1) is 0 Å². The van der Waals surface area contributed by atoms with Crippen LogP contribution < -0.4 is 0 Å². The molecule has 0 saturated carbocycles. The highest BCUT2D eigenvalue weighted by Crippen LogP contribution is 2.25. The van der Waals surface area contributed by atoms with Gasteiger partial charge in [-0.1, -0.05) is 6.92 Å². The van der Waals surface area contributed by atoms with Crippen LogP contribution in [-0.2, 0) is 9.59 Å². The second-order valence-corrected chi connectivity index (χ2v) is 3.58. The van der Waals surface area contributed by atoms with Gasteiger partial charge < -0.3 is 10.0 Å². The summed E-state index contributed by atoms with van der Waals surface area (Å²) in [7, 11) is 0. The van der Waals surface area contributed by atoms with Gasteiger partial charge in [0.15, 0.2) is 0 Å². The van der Waals surface area contributed by atoms with Crippen molar-refractivity contribution in [3.05, 3.63) is 0 Å². The van der Waals surface area contributed by atoms with Crippen molar-refractivity contribution in [1.82, 2.24) is 4.90 Å². The van der Waals surface area contributed by atoms with E-state index in [0.717, 1.165) is 6.42 Å². The Hall–Kier alpha value is -1.06. The van der Waals surface area contributed by atoms with Crippen LogP contribution in [0.5, 0.6) is 0 Å². The summed E-state index contributed by atoms with van der Waals surface area (Å²) in [5, 5.41) is 9.02. The van der Waals surface area contributed by atoms with E-state index in [1.54, 1.807) is 13.8 Å². The fourth-order valence-electron chi connectivity index (χ4n) is 1.63. The molecular formula is C9H15NO3. The molecule has 0 aromatic rings. The number of likely N-dealkylation sites (tertiary alicyclic amines) is 1. The maximum Gasteiger partial charge on any atom is 0.329 e. The van der Waals surface area contributed by atoms with Gasteiger partial charge in [-0.2, -0.15) is 0 Å². The van der Waals surface area contributed by atoms with Crippen molar-refractivity contribution in [2.45, 2.75) is 38.6 Å². The first-order chi connectivity index (χ1) is 6.02. The number of amides is 1. The standard InChI is InChI=1S/C9H15NO3/c1-3-9(2,8(12)13)10-6-4-5-7(10)11/h3-6H2,1-2H3,(H,12,13)/t9-/m0/s1. The average Bonchev–Trinajstić information content (AvgIpc) is 2.50. The molecule has 1 heterocycles. The summed E-state index contributed by atoms with van der Waals surface area (Å²) in [5.74, 6) is -0.947. The number of nitrogens with zero attached hydrogens (tertiary/aromatic N) is 1. The fraction of sp³-hybridized carbons (Fsp3) is 0.778. The third-order valence-electron chi connectivity index (χ3n) is 2.82. The highest BCUT2D eigenvalue weighted by Gasteiger charge is 2.42. The first-order valence-corrected chi connectivity index (χ1v) is 4.56. The number of carboxylic acid groups (broad SMARTS) is 1. The van der Waals surface area contributed by atoms with Crippen LogP contribution in [0.4, 0.5) is 0 Å². The van der Waals surface area contributed by atoms with Crippen LogP contribution >= 0.6 is 0 Å². The lowest BCUT2D eigenvalue weighted by molar-refractivity contribution is -0.156. The van der Waals surface area contributed by atoms with Crippen molar-refractivity contribution < 1.29 is 14.7 Å². The van der Waals surface area contributed by atoms with Crippen molar-refractivity contribution >= 4 is 11.9 Å². The summed E-state index contributed by atoms with van der Waals surface area (Å²) >= 11 is 0. The van der Waals surface area contributed by atoms with Crippen LogP contribution in [0.2, 0.25) is 0 Å². The fourth-order valence-corrected chi connectivity index (χ4v) is 1.63. The maximum atomic E-state index is 11.3. The van der Waals surface area contributed by atoms with E-state index in [4.69, 9.17) is 5.11 Å². The number of carbonyl (C=O) groups is 2. The van der Waals surface area contributed by atoms with Crippen LogP contribution in [0.25, 0.3) is 0 Å².